The molecule has 2 fully saturated rings. The third kappa shape index (κ3) is 6.03. The molecular weight excluding hydrogens is 484 g/mol. The number of benzene rings is 2. The van der Waals surface area contributed by atoms with Crippen molar-refractivity contribution in [2.24, 2.45) is 11.8 Å². The van der Waals surface area contributed by atoms with E-state index in [4.69, 9.17) is 6.42 Å². The summed E-state index contributed by atoms with van der Waals surface area (Å²) in [5, 5.41) is 15.3. The van der Waals surface area contributed by atoms with Gasteiger partial charge in [0, 0.05) is 26.1 Å². The number of likely N-dealkylation sites (tertiary alicyclic amines) is 1. The first-order valence-corrected chi connectivity index (χ1v) is 12.7. The first-order valence-electron chi connectivity index (χ1n) is 12.7. The lowest BCUT2D eigenvalue weighted by Gasteiger charge is -2.52. The zero-order valence-electron chi connectivity index (χ0n) is 21.4. The highest BCUT2D eigenvalue weighted by molar-refractivity contribution is 5.93. The van der Waals surface area contributed by atoms with Gasteiger partial charge in [-0.2, -0.15) is 5.01 Å². The molecule has 9 heteroatoms. The van der Waals surface area contributed by atoms with Gasteiger partial charge < -0.3 is 15.3 Å². The number of carbonyl (C=O) groups excluding carboxylic acids is 3. The van der Waals surface area contributed by atoms with Crippen LogP contribution in [0.3, 0.4) is 0 Å². The molecule has 1 unspecified atom stereocenters. The van der Waals surface area contributed by atoms with E-state index in [9.17, 15) is 24.3 Å². The quantitative estimate of drug-likeness (QED) is 0.522. The number of urea groups is 1. The van der Waals surface area contributed by atoms with Gasteiger partial charge >= 0.3 is 12.0 Å². The van der Waals surface area contributed by atoms with Gasteiger partial charge in [0.25, 0.3) is 0 Å². The number of nitrogens with one attached hydrogen (secondary N) is 1. The van der Waals surface area contributed by atoms with Crippen LogP contribution in [0, 0.1) is 31.1 Å². The Hall–Kier alpha value is -4.16. The van der Waals surface area contributed by atoms with Crippen LogP contribution in [-0.2, 0) is 27.5 Å². The number of fused-ring (bicyclic) bond motifs is 1. The smallest absolute Gasteiger partial charge is 0.332 e. The lowest BCUT2D eigenvalue weighted by atomic mass is 9.74. The van der Waals surface area contributed by atoms with Crippen LogP contribution in [0.25, 0.3) is 0 Å². The largest absolute Gasteiger partial charge is 0.481 e. The van der Waals surface area contributed by atoms with Crippen molar-refractivity contribution in [2.45, 2.75) is 38.9 Å². The maximum absolute atomic E-state index is 13.6. The highest BCUT2D eigenvalue weighted by Gasteiger charge is 2.53. The van der Waals surface area contributed by atoms with Crippen molar-refractivity contribution in [2.75, 3.05) is 19.6 Å². The van der Waals surface area contributed by atoms with E-state index in [2.05, 4.69) is 11.2 Å². The number of Topliss-reactive ketones (excluding diaryl/α,β-unsaturated/α-hetero) is 1. The third-order valence-corrected chi connectivity index (χ3v) is 7.15. The van der Waals surface area contributed by atoms with Crippen molar-refractivity contribution in [1.29, 1.82) is 0 Å². The summed E-state index contributed by atoms with van der Waals surface area (Å²) in [5.41, 5.74) is 2.90. The van der Waals surface area contributed by atoms with Crippen LogP contribution >= 0.6 is 0 Å². The number of aryl methyl sites for hydroxylation is 1. The first kappa shape index (κ1) is 26.9. The number of rotatable bonds is 8. The summed E-state index contributed by atoms with van der Waals surface area (Å²) in [7, 11) is 0. The van der Waals surface area contributed by atoms with Crippen LogP contribution < -0.4 is 5.32 Å². The molecule has 38 heavy (non-hydrogen) atoms. The summed E-state index contributed by atoms with van der Waals surface area (Å²) in [6.45, 7) is 2.58. The maximum Gasteiger partial charge on any atom is 0.332 e. The summed E-state index contributed by atoms with van der Waals surface area (Å²) in [6.07, 6.45) is 5.34. The molecule has 2 aromatic carbocycles. The number of carboxylic acids is 1. The fourth-order valence-electron chi connectivity index (χ4n) is 5.33. The summed E-state index contributed by atoms with van der Waals surface area (Å²) >= 11 is 0. The Bertz CT molecular complexity index is 1220. The number of aliphatic carboxylic acids is 1. The minimum absolute atomic E-state index is 0.0140. The van der Waals surface area contributed by atoms with Gasteiger partial charge in [0.05, 0.1) is 31.0 Å². The van der Waals surface area contributed by atoms with Crippen molar-refractivity contribution in [3.8, 4) is 12.3 Å². The van der Waals surface area contributed by atoms with Crippen LogP contribution in [-0.4, -0.2) is 69.4 Å². The first-order chi connectivity index (χ1) is 18.3. The van der Waals surface area contributed by atoms with Gasteiger partial charge in [0.2, 0.25) is 5.91 Å². The Balaban J connectivity index is 1.65. The zero-order chi connectivity index (χ0) is 27.2. The van der Waals surface area contributed by atoms with Crippen LogP contribution in [0.1, 0.15) is 29.5 Å². The average molecular weight is 517 g/mol. The average Bonchev–Trinajstić information content (AvgIpc) is 2.89. The lowest BCUT2D eigenvalue weighted by molar-refractivity contribution is -0.168. The van der Waals surface area contributed by atoms with E-state index in [1.807, 2.05) is 61.5 Å². The highest BCUT2D eigenvalue weighted by Crippen LogP contribution is 2.37. The standard InChI is InChI=1S/C29H32N4O5/c1-3-15-32-19-25(34)27-23(13-14-26(35)36)28(37)31(17-22-11-9-20(2)10-12-22)18-24(27)33(32)29(38)30-16-21-7-5-4-6-8-21/h1,4-12,23-24,27H,13-19H2,2H3,(H,30,38)(H,35,36)/t23-,24+,27?/m1/s1. The highest BCUT2D eigenvalue weighted by atomic mass is 16.4. The van der Waals surface area contributed by atoms with Crippen LogP contribution in [0.4, 0.5) is 4.79 Å². The van der Waals surface area contributed by atoms with Gasteiger partial charge in [0.15, 0.2) is 5.78 Å². The predicted molar refractivity (Wildman–Crippen MR) is 140 cm³/mol. The number of carbonyl (C=O) groups is 4. The minimum Gasteiger partial charge on any atom is -0.481 e. The van der Waals surface area contributed by atoms with E-state index in [-0.39, 0.29) is 57.3 Å². The maximum atomic E-state index is 13.6. The Morgan fingerprint density at radius 2 is 1.79 bits per heavy atom. The van der Waals surface area contributed by atoms with E-state index in [0.29, 0.717) is 0 Å². The van der Waals surface area contributed by atoms with Gasteiger partial charge in [-0.15, -0.1) is 6.42 Å². The summed E-state index contributed by atoms with van der Waals surface area (Å²) in [5.74, 6) is -0.658. The van der Waals surface area contributed by atoms with Crippen molar-refractivity contribution >= 4 is 23.7 Å². The molecule has 0 saturated carbocycles. The summed E-state index contributed by atoms with van der Waals surface area (Å²) in [4.78, 5) is 53.6. The zero-order valence-corrected chi connectivity index (χ0v) is 21.4. The van der Waals surface area contributed by atoms with Crippen molar-refractivity contribution < 1.29 is 24.3 Å². The molecule has 0 radical (unpaired) electrons. The molecule has 2 aliphatic heterocycles. The molecule has 0 aromatic heterocycles. The lowest BCUT2D eigenvalue weighted by Crippen LogP contribution is -2.71. The number of hydrazine groups is 1. The molecule has 0 aliphatic carbocycles. The van der Waals surface area contributed by atoms with Crippen molar-refractivity contribution in [1.82, 2.24) is 20.2 Å². The second-order valence-electron chi connectivity index (χ2n) is 9.82. The molecule has 2 aromatic rings. The van der Waals surface area contributed by atoms with E-state index in [1.165, 1.54) is 10.0 Å². The molecular formula is C29H32N4O5. The normalized spacial score (nSPS) is 21.5. The van der Waals surface area contributed by atoms with Gasteiger partial charge in [-0.3, -0.25) is 19.4 Å². The second kappa shape index (κ2) is 11.9. The molecule has 3 amide bonds. The van der Waals surface area contributed by atoms with Gasteiger partial charge in [-0.05, 0) is 24.5 Å². The fourth-order valence-corrected chi connectivity index (χ4v) is 5.33. The Labute approximate surface area is 222 Å². The van der Waals surface area contributed by atoms with Gasteiger partial charge in [-0.25, -0.2) is 4.79 Å². The predicted octanol–water partition coefficient (Wildman–Crippen LogP) is 2.45. The Morgan fingerprint density at radius 1 is 1.08 bits per heavy atom. The number of amides is 3. The molecule has 2 N–H and O–H groups in total. The molecule has 4 rings (SSSR count). The minimum atomic E-state index is -1.04. The summed E-state index contributed by atoms with van der Waals surface area (Å²) < 4.78 is 0. The number of ketones is 1. The molecule has 2 aliphatic rings. The molecule has 198 valence electrons. The van der Waals surface area contributed by atoms with E-state index < -0.39 is 29.9 Å². The van der Waals surface area contributed by atoms with Crippen LogP contribution in [0.2, 0.25) is 0 Å². The number of piperidine rings is 1. The monoisotopic (exact) mass is 516 g/mol. The number of nitrogens with zero attached hydrogens (tertiary/aromatic N) is 3. The molecule has 0 spiro atoms. The van der Waals surface area contributed by atoms with Gasteiger partial charge in [-0.1, -0.05) is 66.1 Å². The van der Waals surface area contributed by atoms with E-state index >= 15 is 0 Å². The number of carboxylic acid groups (broad SMARTS) is 1. The summed E-state index contributed by atoms with van der Waals surface area (Å²) in [6, 6.07) is 16.1. The van der Waals surface area contributed by atoms with Crippen LogP contribution in [0.15, 0.2) is 54.6 Å². The molecule has 2 saturated heterocycles. The Morgan fingerprint density at radius 3 is 2.45 bits per heavy atom. The molecule has 3 atom stereocenters. The van der Waals surface area contributed by atoms with Gasteiger partial charge in [0.1, 0.15) is 0 Å². The van der Waals surface area contributed by atoms with Crippen molar-refractivity contribution in [3.05, 3.63) is 71.3 Å². The number of hydrogen-bond donors (Lipinski definition) is 2. The third-order valence-electron chi connectivity index (χ3n) is 7.15. The fraction of sp³-hybridized carbons (Fsp3) is 0.379. The van der Waals surface area contributed by atoms with E-state index in [1.54, 1.807) is 4.90 Å². The SMILES string of the molecule is C#CCN1CC(=O)C2[C@@H](CCC(=O)O)C(=O)N(Cc3ccc(C)cc3)C[C@@H]2N1C(=O)NCc1ccccc1. The molecule has 9 nitrogen and oxygen atoms in total. The van der Waals surface area contributed by atoms with Crippen LogP contribution in [0.5, 0.6) is 0 Å². The number of hydrogen-bond acceptors (Lipinski definition) is 5. The topological polar surface area (TPSA) is 110 Å². The van der Waals surface area contributed by atoms with E-state index in [0.717, 1.165) is 16.7 Å². The molecule has 0 bridgehead atoms. The van der Waals surface area contributed by atoms with Crippen molar-refractivity contribution in [3.63, 3.8) is 0 Å². The second-order valence-corrected chi connectivity index (χ2v) is 9.82. The molecule has 2 heterocycles. The Kier molecular flexibility index (Phi) is 8.44. The number of terminal acetylenes is 1.